The Bertz CT molecular complexity index is 748. The first kappa shape index (κ1) is 15.9. The van der Waals surface area contributed by atoms with E-state index in [1.165, 1.54) is 19.1 Å². The van der Waals surface area contributed by atoms with Crippen LogP contribution in [0.2, 0.25) is 0 Å². The van der Waals surface area contributed by atoms with Crippen molar-refractivity contribution in [2.45, 2.75) is 6.04 Å². The number of nitrogens with zero attached hydrogens (tertiary/aromatic N) is 2. The molecule has 0 fully saturated rings. The minimum atomic E-state index is -0.471. The molecule has 1 aliphatic rings. The molecule has 1 unspecified atom stereocenters. The van der Waals surface area contributed by atoms with Crippen LogP contribution in [0.15, 0.2) is 54.6 Å². The molecule has 1 atom stereocenters. The molecule has 6 heteroatoms. The highest BCUT2D eigenvalue weighted by Gasteiger charge is 2.38. The predicted octanol–water partition coefficient (Wildman–Crippen LogP) is 3.59. The number of fused-ring (bicyclic) bond motifs is 1. The second kappa shape index (κ2) is 6.62. The Kier molecular flexibility index (Phi) is 4.37. The standard InChI is InChI=1S/C18H18N2O4/c1-23-17(21)19-12-16(13-8-4-3-5-9-13)20(18(22)24-2)15-11-7-6-10-14(15)19/h3-11,16H,12H2,1-2H3. The van der Waals surface area contributed by atoms with Gasteiger partial charge in [-0.15, -0.1) is 0 Å². The van der Waals surface area contributed by atoms with Gasteiger partial charge in [0.2, 0.25) is 0 Å². The molecule has 0 saturated heterocycles. The molecule has 0 aliphatic carbocycles. The van der Waals surface area contributed by atoms with E-state index in [2.05, 4.69) is 0 Å². The topological polar surface area (TPSA) is 59.1 Å². The molecule has 0 spiro atoms. The lowest BCUT2D eigenvalue weighted by Gasteiger charge is -2.41. The molecule has 6 nitrogen and oxygen atoms in total. The van der Waals surface area contributed by atoms with E-state index in [1.54, 1.807) is 17.0 Å². The average Bonchev–Trinajstić information content (AvgIpc) is 2.66. The number of ether oxygens (including phenoxy) is 2. The minimum Gasteiger partial charge on any atom is -0.452 e. The molecule has 124 valence electrons. The van der Waals surface area contributed by atoms with Gasteiger partial charge in [-0.1, -0.05) is 42.5 Å². The van der Waals surface area contributed by atoms with E-state index in [9.17, 15) is 9.59 Å². The van der Waals surface area contributed by atoms with Crippen molar-refractivity contribution < 1.29 is 19.1 Å². The number of amides is 2. The fourth-order valence-corrected chi connectivity index (χ4v) is 2.95. The summed E-state index contributed by atoms with van der Waals surface area (Å²) in [7, 11) is 2.69. The van der Waals surface area contributed by atoms with Gasteiger partial charge in [0.1, 0.15) is 0 Å². The normalized spacial score (nSPS) is 16.3. The van der Waals surface area contributed by atoms with E-state index in [4.69, 9.17) is 9.47 Å². The summed E-state index contributed by atoms with van der Waals surface area (Å²) in [6.45, 7) is 0.281. The molecule has 2 aromatic rings. The summed E-state index contributed by atoms with van der Waals surface area (Å²) < 4.78 is 9.88. The fourth-order valence-electron chi connectivity index (χ4n) is 2.95. The highest BCUT2D eigenvalue weighted by Crippen LogP contribution is 2.41. The molecule has 0 N–H and O–H groups in total. The zero-order valence-electron chi connectivity index (χ0n) is 13.5. The van der Waals surface area contributed by atoms with Crippen molar-refractivity contribution in [2.75, 3.05) is 30.6 Å². The van der Waals surface area contributed by atoms with Crippen molar-refractivity contribution in [2.24, 2.45) is 0 Å². The Morgan fingerprint density at radius 2 is 1.46 bits per heavy atom. The van der Waals surface area contributed by atoms with Gasteiger partial charge < -0.3 is 9.47 Å². The van der Waals surface area contributed by atoms with Gasteiger partial charge in [-0.2, -0.15) is 0 Å². The highest BCUT2D eigenvalue weighted by molar-refractivity contribution is 6.00. The molecule has 1 aliphatic heterocycles. The number of benzene rings is 2. The van der Waals surface area contributed by atoms with Gasteiger partial charge in [0.05, 0.1) is 38.2 Å². The van der Waals surface area contributed by atoms with Gasteiger partial charge >= 0.3 is 12.2 Å². The maximum Gasteiger partial charge on any atom is 0.414 e. The highest BCUT2D eigenvalue weighted by atomic mass is 16.5. The van der Waals surface area contributed by atoms with Gasteiger partial charge in [0.15, 0.2) is 0 Å². The fraction of sp³-hybridized carbons (Fsp3) is 0.222. The first-order valence-corrected chi connectivity index (χ1v) is 7.54. The average molecular weight is 326 g/mol. The molecular weight excluding hydrogens is 308 g/mol. The van der Waals surface area contributed by atoms with Crippen molar-refractivity contribution in [3.63, 3.8) is 0 Å². The Balaban J connectivity index is 2.15. The summed E-state index contributed by atoms with van der Waals surface area (Å²) in [6, 6.07) is 16.4. The van der Waals surface area contributed by atoms with E-state index in [-0.39, 0.29) is 12.6 Å². The maximum absolute atomic E-state index is 12.4. The second-order valence-electron chi connectivity index (χ2n) is 5.34. The van der Waals surface area contributed by atoms with Crippen LogP contribution in [-0.2, 0) is 9.47 Å². The Hall–Kier alpha value is -3.02. The Morgan fingerprint density at radius 1 is 0.875 bits per heavy atom. The molecule has 2 aromatic carbocycles. The molecule has 24 heavy (non-hydrogen) atoms. The number of rotatable bonds is 1. The number of hydrogen-bond acceptors (Lipinski definition) is 4. The van der Waals surface area contributed by atoms with E-state index in [1.807, 2.05) is 42.5 Å². The van der Waals surface area contributed by atoms with E-state index in [0.717, 1.165) is 5.56 Å². The third-order valence-electron chi connectivity index (χ3n) is 4.05. The van der Waals surface area contributed by atoms with Gasteiger partial charge in [-0.25, -0.2) is 9.59 Å². The van der Waals surface area contributed by atoms with Crippen molar-refractivity contribution in [3.05, 3.63) is 60.2 Å². The monoisotopic (exact) mass is 326 g/mol. The lowest BCUT2D eigenvalue weighted by molar-refractivity contribution is 0.170. The molecule has 2 amide bonds. The Labute approximate surface area is 140 Å². The van der Waals surface area contributed by atoms with Crippen LogP contribution in [0.4, 0.5) is 21.0 Å². The lowest BCUT2D eigenvalue weighted by atomic mass is 10.0. The zero-order chi connectivity index (χ0) is 17.1. The first-order valence-electron chi connectivity index (χ1n) is 7.54. The second-order valence-corrected chi connectivity index (χ2v) is 5.34. The summed E-state index contributed by atoms with van der Waals surface area (Å²) >= 11 is 0. The molecular formula is C18H18N2O4. The van der Waals surface area contributed by atoms with Crippen LogP contribution in [-0.4, -0.2) is 33.0 Å². The smallest absolute Gasteiger partial charge is 0.414 e. The van der Waals surface area contributed by atoms with Crippen LogP contribution in [0, 0.1) is 0 Å². The maximum atomic E-state index is 12.4. The molecule has 0 aromatic heterocycles. The number of carbonyl (C=O) groups is 2. The quantitative estimate of drug-likeness (QED) is 0.803. The number of carbonyl (C=O) groups excluding carboxylic acids is 2. The lowest BCUT2D eigenvalue weighted by Crippen LogP contribution is -2.48. The van der Waals surface area contributed by atoms with Gasteiger partial charge in [0.25, 0.3) is 0 Å². The number of anilines is 2. The van der Waals surface area contributed by atoms with Crippen LogP contribution in [0.1, 0.15) is 11.6 Å². The number of methoxy groups -OCH3 is 2. The Morgan fingerprint density at radius 3 is 2.08 bits per heavy atom. The minimum absolute atomic E-state index is 0.281. The third kappa shape index (κ3) is 2.67. The molecule has 0 bridgehead atoms. The summed E-state index contributed by atoms with van der Waals surface area (Å²) in [4.78, 5) is 27.8. The number of hydrogen-bond donors (Lipinski definition) is 0. The molecule has 1 heterocycles. The molecule has 0 saturated carbocycles. The first-order chi connectivity index (χ1) is 11.7. The van der Waals surface area contributed by atoms with E-state index in [0.29, 0.717) is 11.4 Å². The summed E-state index contributed by atoms with van der Waals surface area (Å²) in [6.07, 6.45) is -0.936. The van der Waals surface area contributed by atoms with E-state index < -0.39 is 12.2 Å². The predicted molar refractivity (Wildman–Crippen MR) is 90.3 cm³/mol. The van der Waals surface area contributed by atoms with Crippen molar-refractivity contribution in [3.8, 4) is 0 Å². The summed E-state index contributed by atoms with van der Waals surface area (Å²) in [5.74, 6) is 0. The number of para-hydroxylation sites is 2. The van der Waals surface area contributed by atoms with Gasteiger partial charge in [0, 0.05) is 0 Å². The van der Waals surface area contributed by atoms with Crippen LogP contribution in [0.3, 0.4) is 0 Å². The van der Waals surface area contributed by atoms with E-state index >= 15 is 0 Å². The zero-order valence-corrected chi connectivity index (χ0v) is 13.5. The summed E-state index contributed by atoms with van der Waals surface area (Å²) in [5, 5.41) is 0. The van der Waals surface area contributed by atoms with Crippen molar-refractivity contribution in [1.29, 1.82) is 0 Å². The van der Waals surface area contributed by atoms with Gasteiger partial charge in [-0.3, -0.25) is 9.80 Å². The van der Waals surface area contributed by atoms with Crippen molar-refractivity contribution >= 4 is 23.6 Å². The molecule has 0 radical (unpaired) electrons. The van der Waals surface area contributed by atoms with Crippen LogP contribution in [0.25, 0.3) is 0 Å². The molecule has 3 rings (SSSR count). The van der Waals surface area contributed by atoms with Crippen LogP contribution in [0.5, 0.6) is 0 Å². The SMILES string of the molecule is COC(=O)N1CC(c2ccccc2)N(C(=O)OC)c2ccccc21. The third-order valence-corrected chi connectivity index (χ3v) is 4.05. The van der Waals surface area contributed by atoms with Crippen LogP contribution >= 0.6 is 0 Å². The van der Waals surface area contributed by atoms with Gasteiger partial charge in [-0.05, 0) is 17.7 Å². The summed E-state index contributed by atoms with van der Waals surface area (Å²) in [5.41, 5.74) is 2.13. The van der Waals surface area contributed by atoms with Crippen LogP contribution < -0.4 is 9.80 Å². The largest absolute Gasteiger partial charge is 0.452 e. The van der Waals surface area contributed by atoms with Crippen molar-refractivity contribution in [1.82, 2.24) is 0 Å².